The van der Waals surface area contributed by atoms with Crippen molar-refractivity contribution in [2.24, 2.45) is 0 Å². The fourth-order valence-electron chi connectivity index (χ4n) is 2.50. The summed E-state index contributed by atoms with van der Waals surface area (Å²) in [5.74, 6) is -0.220. The molecule has 0 saturated carbocycles. The van der Waals surface area contributed by atoms with E-state index in [4.69, 9.17) is 10.0 Å². The molecule has 0 spiro atoms. The molecule has 0 unspecified atom stereocenters. The zero-order chi connectivity index (χ0) is 17.7. The van der Waals surface area contributed by atoms with Crippen molar-refractivity contribution >= 4 is 30.3 Å². The predicted octanol–water partition coefficient (Wildman–Crippen LogP) is 1.37. The van der Waals surface area contributed by atoms with E-state index in [-0.39, 0.29) is 5.69 Å². The molecule has 8 heteroatoms. The Bertz CT molecular complexity index is 701. The summed E-state index contributed by atoms with van der Waals surface area (Å²) in [5, 5.41) is 28.4. The third-order valence-electron chi connectivity index (χ3n) is 3.78. The minimum atomic E-state index is -1.51. The van der Waals surface area contributed by atoms with Gasteiger partial charge in [0.1, 0.15) is 10.9 Å². The molecule has 1 heterocycles. The average molecular weight is 348 g/mol. The molecule has 0 saturated heterocycles. The van der Waals surface area contributed by atoms with Crippen LogP contribution in [-0.4, -0.2) is 44.0 Å². The largest absolute Gasteiger partial charge is 0.488 e. The number of imidazole rings is 1. The highest BCUT2D eigenvalue weighted by Crippen LogP contribution is 2.23. The maximum atomic E-state index is 11.7. The topological polar surface area (TPSA) is 95.6 Å². The van der Waals surface area contributed by atoms with Gasteiger partial charge in [-0.1, -0.05) is 37.6 Å². The molecule has 0 radical (unpaired) electrons. The van der Waals surface area contributed by atoms with Crippen LogP contribution in [0.5, 0.6) is 0 Å². The Kier molecular flexibility index (Phi) is 6.48. The number of aryl methyl sites for hydroxylation is 1. The molecule has 1 aromatic carbocycles. The summed E-state index contributed by atoms with van der Waals surface area (Å²) in [4.78, 5) is 16.2. The Balaban J connectivity index is 2.38. The smallest absolute Gasteiger partial charge is 0.476 e. The van der Waals surface area contributed by atoms with Crippen molar-refractivity contribution in [3.8, 4) is 0 Å². The molecule has 2 aromatic rings. The van der Waals surface area contributed by atoms with Crippen molar-refractivity contribution in [1.29, 1.82) is 0 Å². The zero-order valence-electron chi connectivity index (χ0n) is 13.8. The summed E-state index contributed by atoms with van der Waals surface area (Å²) >= 11 is 1.33. The fourth-order valence-corrected chi connectivity index (χ4v) is 3.09. The first-order valence-electron chi connectivity index (χ1n) is 7.79. The minimum absolute atomic E-state index is 0.208. The van der Waals surface area contributed by atoms with Crippen LogP contribution in [0, 0.1) is 0 Å². The number of nitrogens with zero attached hydrogens (tertiary/aromatic N) is 2. The lowest BCUT2D eigenvalue weighted by atomic mass is 9.80. The summed E-state index contributed by atoms with van der Waals surface area (Å²) in [5.41, 5.74) is 1.49. The predicted molar refractivity (Wildman–Crippen MR) is 94.9 cm³/mol. The second-order valence-corrected chi connectivity index (χ2v) is 6.29. The molecular weight excluding hydrogens is 327 g/mol. The lowest BCUT2D eigenvalue weighted by Gasteiger charge is -2.11. The molecular formula is C16H21BN2O4S. The number of aromatic carboxylic acids is 1. The van der Waals surface area contributed by atoms with Crippen LogP contribution in [0.15, 0.2) is 29.3 Å². The van der Waals surface area contributed by atoms with Crippen molar-refractivity contribution in [3.63, 3.8) is 0 Å². The molecule has 1 aromatic heterocycles. The summed E-state index contributed by atoms with van der Waals surface area (Å²) < 4.78 is 1.74. The minimum Gasteiger partial charge on any atom is -0.476 e. The highest BCUT2D eigenvalue weighted by molar-refractivity contribution is 7.98. The first-order chi connectivity index (χ1) is 11.5. The van der Waals surface area contributed by atoms with Gasteiger partial charge < -0.3 is 19.7 Å². The number of carboxylic acid groups (broad SMARTS) is 1. The van der Waals surface area contributed by atoms with Crippen LogP contribution in [0.25, 0.3) is 0 Å². The highest BCUT2D eigenvalue weighted by Gasteiger charge is 2.22. The molecule has 0 aliphatic carbocycles. The first kappa shape index (κ1) is 18.6. The summed E-state index contributed by atoms with van der Waals surface area (Å²) in [6, 6.07) is 6.78. The number of benzene rings is 1. The average Bonchev–Trinajstić information content (AvgIpc) is 2.91. The number of carbonyl (C=O) groups is 1. The van der Waals surface area contributed by atoms with Crippen molar-refractivity contribution < 1.29 is 19.9 Å². The number of hydrogen-bond acceptors (Lipinski definition) is 5. The van der Waals surface area contributed by atoms with E-state index in [0.29, 0.717) is 17.0 Å². The van der Waals surface area contributed by atoms with Crippen LogP contribution in [0.2, 0.25) is 0 Å². The molecule has 24 heavy (non-hydrogen) atoms. The van der Waals surface area contributed by atoms with Crippen molar-refractivity contribution in [2.45, 2.75) is 37.8 Å². The van der Waals surface area contributed by atoms with E-state index in [0.717, 1.165) is 30.7 Å². The van der Waals surface area contributed by atoms with Gasteiger partial charge in [0.15, 0.2) is 5.69 Å². The number of hydrogen-bond donors (Lipinski definition) is 3. The Labute approximate surface area is 145 Å². The maximum absolute atomic E-state index is 11.7. The van der Waals surface area contributed by atoms with Crippen LogP contribution in [0.1, 0.15) is 41.6 Å². The van der Waals surface area contributed by atoms with E-state index in [1.807, 2.05) is 6.26 Å². The Morgan fingerprint density at radius 2 is 1.96 bits per heavy atom. The van der Waals surface area contributed by atoms with E-state index >= 15 is 0 Å². The number of aromatic nitrogens is 2. The lowest BCUT2D eigenvalue weighted by Crippen LogP contribution is -2.29. The Hall–Kier alpha value is -1.77. The number of unbranched alkanes of at least 4 members (excludes halogenated alkanes) is 1. The quantitative estimate of drug-likeness (QED) is 0.493. The third-order valence-corrected chi connectivity index (χ3v) is 4.45. The summed E-state index contributed by atoms with van der Waals surface area (Å²) in [6.07, 6.45) is 4.50. The van der Waals surface area contributed by atoms with E-state index in [1.54, 1.807) is 28.8 Å². The van der Waals surface area contributed by atoms with E-state index in [2.05, 4.69) is 11.9 Å². The van der Waals surface area contributed by atoms with Gasteiger partial charge in [-0.05, 0) is 23.7 Å². The van der Waals surface area contributed by atoms with Crippen LogP contribution < -0.4 is 5.46 Å². The van der Waals surface area contributed by atoms with Gasteiger partial charge in [0.25, 0.3) is 0 Å². The molecule has 0 aliphatic heterocycles. The standard InChI is InChI=1S/C16H21BN2O4S/c1-3-4-5-13-18-15(24-2)14(16(20)21)19(13)10-11-6-8-12(9-7-11)17(22)23/h6-9,22-23H,3-5,10H2,1-2H3,(H,20,21). The van der Waals surface area contributed by atoms with Gasteiger partial charge in [0.2, 0.25) is 0 Å². The molecule has 2 rings (SSSR count). The van der Waals surface area contributed by atoms with Crippen LogP contribution in [0.3, 0.4) is 0 Å². The number of rotatable bonds is 8. The molecule has 0 fully saturated rings. The van der Waals surface area contributed by atoms with Crippen LogP contribution >= 0.6 is 11.8 Å². The molecule has 0 amide bonds. The van der Waals surface area contributed by atoms with Gasteiger partial charge in [-0.25, -0.2) is 9.78 Å². The van der Waals surface area contributed by atoms with E-state index in [1.165, 1.54) is 11.8 Å². The van der Waals surface area contributed by atoms with Crippen LogP contribution in [0.4, 0.5) is 0 Å². The number of thioether (sulfide) groups is 1. The lowest BCUT2D eigenvalue weighted by molar-refractivity contribution is 0.0681. The van der Waals surface area contributed by atoms with E-state index < -0.39 is 13.1 Å². The molecule has 3 N–H and O–H groups in total. The second kappa shape index (κ2) is 8.37. The van der Waals surface area contributed by atoms with Gasteiger partial charge in [-0.3, -0.25) is 0 Å². The van der Waals surface area contributed by atoms with Gasteiger partial charge in [0, 0.05) is 13.0 Å². The Morgan fingerprint density at radius 3 is 2.46 bits per heavy atom. The molecule has 0 atom stereocenters. The van der Waals surface area contributed by atoms with Gasteiger partial charge in [0.05, 0.1) is 0 Å². The molecule has 6 nitrogen and oxygen atoms in total. The molecule has 0 aliphatic rings. The van der Waals surface area contributed by atoms with Gasteiger partial charge >= 0.3 is 13.1 Å². The summed E-state index contributed by atoms with van der Waals surface area (Å²) in [7, 11) is -1.51. The van der Waals surface area contributed by atoms with E-state index in [9.17, 15) is 9.90 Å². The normalized spacial score (nSPS) is 10.8. The Morgan fingerprint density at radius 1 is 1.29 bits per heavy atom. The second-order valence-electron chi connectivity index (χ2n) is 5.50. The maximum Gasteiger partial charge on any atom is 0.488 e. The number of carboxylic acids is 1. The van der Waals surface area contributed by atoms with Crippen molar-refractivity contribution in [3.05, 3.63) is 41.3 Å². The third kappa shape index (κ3) is 4.20. The highest BCUT2D eigenvalue weighted by atomic mass is 32.2. The molecule has 128 valence electrons. The summed E-state index contributed by atoms with van der Waals surface area (Å²) in [6.45, 7) is 2.47. The zero-order valence-corrected chi connectivity index (χ0v) is 14.6. The van der Waals surface area contributed by atoms with Crippen molar-refractivity contribution in [1.82, 2.24) is 9.55 Å². The molecule has 0 bridgehead atoms. The van der Waals surface area contributed by atoms with Gasteiger partial charge in [-0.15, -0.1) is 11.8 Å². The first-order valence-corrected chi connectivity index (χ1v) is 9.02. The fraction of sp³-hybridized carbons (Fsp3) is 0.375. The monoisotopic (exact) mass is 348 g/mol. The SMILES string of the molecule is CCCCc1nc(SC)c(C(=O)O)n1Cc1ccc(B(O)O)cc1. The van der Waals surface area contributed by atoms with Crippen LogP contribution in [-0.2, 0) is 13.0 Å². The van der Waals surface area contributed by atoms with Gasteiger partial charge in [-0.2, -0.15) is 0 Å². The van der Waals surface area contributed by atoms with Crippen molar-refractivity contribution in [2.75, 3.05) is 6.26 Å².